The Morgan fingerprint density at radius 2 is 1.95 bits per heavy atom. The van der Waals surface area contributed by atoms with E-state index in [4.69, 9.17) is 28.3 Å². The molecule has 0 saturated carbocycles. The molecule has 1 aromatic carbocycles. The number of esters is 1. The molecule has 0 unspecified atom stereocenters. The van der Waals surface area contributed by atoms with Crippen LogP contribution in [0.4, 0.5) is 0 Å². The van der Waals surface area contributed by atoms with Gasteiger partial charge in [-0.25, -0.2) is 4.79 Å². The van der Waals surface area contributed by atoms with Gasteiger partial charge in [-0.3, -0.25) is 9.59 Å². The molecule has 0 saturated heterocycles. The number of carboxylic acid groups (broad SMARTS) is 1. The van der Waals surface area contributed by atoms with Crippen LogP contribution in [0.3, 0.4) is 0 Å². The van der Waals surface area contributed by atoms with Crippen molar-refractivity contribution in [1.82, 2.24) is 5.32 Å². The Bertz CT molecular complexity index is 561. The first-order valence-corrected chi connectivity index (χ1v) is 6.64. The van der Waals surface area contributed by atoms with Gasteiger partial charge < -0.3 is 15.2 Å². The van der Waals surface area contributed by atoms with Gasteiger partial charge in [-0.2, -0.15) is 0 Å². The Balaban J connectivity index is 2.93. The minimum absolute atomic E-state index is 0.191. The summed E-state index contributed by atoms with van der Waals surface area (Å²) in [6.45, 7) is 0. The molecule has 0 spiro atoms. The van der Waals surface area contributed by atoms with Crippen LogP contribution in [0.2, 0.25) is 10.0 Å². The third kappa shape index (κ3) is 5.24. The summed E-state index contributed by atoms with van der Waals surface area (Å²) in [5, 5.41) is 11.5. The monoisotopic (exact) mass is 333 g/mol. The van der Waals surface area contributed by atoms with E-state index in [1.165, 1.54) is 25.3 Å². The smallest absolute Gasteiger partial charge is 0.333 e. The van der Waals surface area contributed by atoms with Crippen molar-refractivity contribution in [3.63, 3.8) is 0 Å². The van der Waals surface area contributed by atoms with E-state index in [9.17, 15) is 14.4 Å². The van der Waals surface area contributed by atoms with E-state index in [0.717, 1.165) is 0 Å². The van der Waals surface area contributed by atoms with Gasteiger partial charge in [0.2, 0.25) is 5.91 Å². The normalized spacial score (nSPS) is 11.6. The largest absolute Gasteiger partial charge is 0.481 e. The number of methoxy groups -OCH3 is 1. The second-order valence-electron chi connectivity index (χ2n) is 4.08. The first kappa shape index (κ1) is 17.3. The Labute approximate surface area is 131 Å². The molecule has 0 fully saturated rings. The number of carbonyl (C=O) groups excluding carboxylic acids is 2. The highest BCUT2D eigenvalue weighted by Gasteiger charge is 2.25. The highest BCUT2D eigenvalue weighted by molar-refractivity contribution is 6.35. The molecule has 21 heavy (non-hydrogen) atoms. The third-order valence-corrected chi connectivity index (χ3v) is 3.14. The lowest BCUT2D eigenvalue weighted by atomic mass is 10.1. The minimum atomic E-state index is -1.12. The van der Waals surface area contributed by atoms with Crippen LogP contribution in [-0.4, -0.2) is 30.1 Å². The van der Waals surface area contributed by atoms with Gasteiger partial charge in [0.25, 0.3) is 0 Å². The lowest BCUT2D eigenvalue weighted by Crippen LogP contribution is -2.34. The number of hydrogen-bond donors (Lipinski definition) is 2. The van der Waals surface area contributed by atoms with E-state index >= 15 is 0 Å². The zero-order chi connectivity index (χ0) is 16.0. The molecule has 0 aliphatic heterocycles. The van der Waals surface area contributed by atoms with Gasteiger partial charge in [-0.1, -0.05) is 29.3 Å². The van der Waals surface area contributed by atoms with Gasteiger partial charge in [0.05, 0.1) is 13.5 Å². The number of benzene rings is 1. The highest BCUT2D eigenvalue weighted by Crippen LogP contribution is 2.27. The van der Waals surface area contributed by atoms with Crippen molar-refractivity contribution in [2.45, 2.75) is 18.9 Å². The van der Waals surface area contributed by atoms with E-state index in [1.54, 1.807) is 0 Å². The SMILES string of the molecule is COC(=O)[C@@H](NC(=O)CCC(=O)O)c1ccc(Cl)cc1Cl. The van der Waals surface area contributed by atoms with Gasteiger partial charge in [0, 0.05) is 22.0 Å². The van der Waals surface area contributed by atoms with Crippen LogP contribution < -0.4 is 5.32 Å². The molecule has 2 N–H and O–H groups in total. The maximum absolute atomic E-state index is 11.8. The molecular formula is C13H13Cl2NO5. The fourth-order valence-corrected chi connectivity index (χ4v) is 2.09. The van der Waals surface area contributed by atoms with Gasteiger partial charge in [-0.05, 0) is 12.1 Å². The summed E-state index contributed by atoms with van der Waals surface area (Å²) in [4.78, 5) is 33.9. The van der Waals surface area contributed by atoms with Gasteiger partial charge in [0.15, 0.2) is 6.04 Å². The molecule has 0 aliphatic rings. The van der Waals surface area contributed by atoms with E-state index in [-0.39, 0.29) is 17.9 Å². The zero-order valence-electron chi connectivity index (χ0n) is 11.1. The topological polar surface area (TPSA) is 92.7 Å². The van der Waals surface area contributed by atoms with Crippen LogP contribution in [-0.2, 0) is 19.1 Å². The second kappa shape index (κ2) is 7.85. The molecule has 0 radical (unpaired) electrons. The molecule has 0 bridgehead atoms. The van der Waals surface area contributed by atoms with E-state index in [0.29, 0.717) is 10.6 Å². The second-order valence-corrected chi connectivity index (χ2v) is 4.93. The number of halogens is 2. The average molecular weight is 334 g/mol. The maximum Gasteiger partial charge on any atom is 0.333 e. The number of hydrogen-bond acceptors (Lipinski definition) is 4. The van der Waals surface area contributed by atoms with Crippen LogP contribution in [0.25, 0.3) is 0 Å². The highest BCUT2D eigenvalue weighted by atomic mass is 35.5. The van der Waals surface area contributed by atoms with Crippen molar-refractivity contribution in [3.8, 4) is 0 Å². The molecule has 114 valence electrons. The minimum Gasteiger partial charge on any atom is -0.481 e. The van der Waals surface area contributed by atoms with Crippen molar-refractivity contribution in [2.75, 3.05) is 7.11 Å². The molecule has 0 aromatic heterocycles. The third-order valence-electron chi connectivity index (χ3n) is 2.58. The summed E-state index contributed by atoms with van der Waals surface area (Å²) in [6.07, 6.45) is -0.595. The van der Waals surface area contributed by atoms with Crippen LogP contribution in [0.15, 0.2) is 18.2 Å². The fourth-order valence-electron chi connectivity index (χ4n) is 1.57. The van der Waals surface area contributed by atoms with E-state index in [2.05, 4.69) is 10.1 Å². The fraction of sp³-hybridized carbons (Fsp3) is 0.308. The summed E-state index contributed by atoms with van der Waals surface area (Å²) in [5.74, 6) is -2.42. The number of carboxylic acids is 1. The molecule has 1 atom stereocenters. The maximum atomic E-state index is 11.8. The lowest BCUT2D eigenvalue weighted by Gasteiger charge is -2.18. The quantitative estimate of drug-likeness (QED) is 0.778. The molecule has 8 heteroatoms. The van der Waals surface area contributed by atoms with Crippen molar-refractivity contribution in [3.05, 3.63) is 33.8 Å². The van der Waals surface area contributed by atoms with Crippen molar-refractivity contribution >= 4 is 41.0 Å². The van der Waals surface area contributed by atoms with Crippen LogP contribution in [0.5, 0.6) is 0 Å². The summed E-state index contributed by atoms with van der Waals surface area (Å²) in [7, 11) is 1.17. The number of ether oxygens (including phenoxy) is 1. The number of carbonyl (C=O) groups is 3. The lowest BCUT2D eigenvalue weighted by molar-refractivity contribution is -0.145. The first-order valence-electron chi connectivity index (χ1n) is 5.89. The number of amides is 1. The van der Waals surface area contributed by atoms with Crippen LogP contribution >= 0.6 is 23.2 Å². The molecule has 1 rings (SSSR count). The Kier molecular flexibility index (Phi) is 6.45. The number of nitrogens with one attached hydrogen (secondary N) is 1. The van der Waals surface area contributed by atoms with Crippen molar-refractivity contribution in [2.24, 2.45) is 0 Å². The van der Waals surface area contributed by atoms with Gasteiger partial charge in [-0.15, -0.1) is 0 Å². The number of rotatable bonds is 6. The predicted molar refractivity (Wildman–Crippen MR) is 76.2 cm³/mol. The summed E-state index contributed by atoms with van der Waals surface area (Å²) >= 11 is 11.8. The van der Waals surface area contributed by atoms with Gasteiger partial charge in [0.1, 0.15) is 0 Å². The molecule has 1 aromatic rings. The standard InChI is InChI=1S/C13H13Cl2NO5/c1-21-13(20)12(16-10(17)4-5-11(18)19)8-3-2-7(14)6-9(8)15/h2-3,6,12H,4-5H2,1H3,(H,16,17)(H,18,19)/t12-/m0/s1. The number of aliphatic carboxylic acids is 1. The zero-order valence-corrected chi connectivity index (χ0v) is 12.6. The molecule has 6 nitrogen and oxygen atoms in total. The summed E-state index contributed by atoms with van der Waals surface area (Å²) < 4.78 is 4.62. The molecule has 1 amide bonds. The van der Waals surface area contributed by atoms with E-state index in [1.807, 2.05) is 0 Å². The molecule has 0 heterocycles. The van der Waals surface area contributed by atoms with Crippen LogP contribution in [0.1, 0.15) is 24.4 Å². The summed E-state index contributed by atoms with van der Waals surface area (Å²) in [6, 6.07) is 3.31. The molecular weight excluding hydrogens is 321 g/mol. The predicted octanol–water partition coefficient (Wildman–Crippen LogP) is 2.19. The summed E-state index contributed by atoms with van der Waals surface area (Å²) in [5.41, 5.74) is 0.316. The van der Waals surface area contributed by atoms with Gasteiger partial charge >= 0.3 is 11.9 Å². The van der Waals surface area contributed by atoms with Crippen molar-refractivity contribution in [1.29, 1.82) is 0 Å². The Hall–Kier alpha value is -1.79. The first-order chi connectivity index (χ1) is 9.85. The average Bonchev–Trinajstić information content (AvgIpc) is 2.42. The molecule has 0 aliphatic carbocycles. The van der Waals surface area contributed by atoms with E-state index < -0.39 is 23.9 Å². The van der Waals surface area contributed by atoms with Crippen LogP contribution in [0, 0.1) is 0 Å². The van der Waals surface area contributed by atoms with Crippen molar-refractivity contribution < 1.29 is 24.2 Å². The Morgan fingerprint density at radius 1 is 1.29 bits per heavy atom. The Morgan fingerprint density at radius 3 is 2.48 bits per heavy atom.